The Bertz CT molecular complexity index is 441. The second kappa shape index (κ2) is 6.33. The van der Waals surface area contributed by atoms with Crippen molar-refractivity contribution in [2.75, 3.05) is 0 Å². The van der Waals surface area contributed by atoms with Gasteiger partial charge in [0.05, 0.1) is 12.5 Å². The summed E-state index contributed by atoms with van der Waals surface area (Å²) in [6.45, 7) is 0. The van der Waals surface area contributed by atoms with Gasteiger partial charge in [-0.15, -0.1) is 0 Å². The average Bonchev–Trinajstić information content (AvgIpc) is 2.96. The van der Waals surface area contributed by atoms with Crippen molar-refractivity contribution in [3.05, 3.63) is 60.5 Å². The van der Waals surface area contributed by atoms with Crippen LogP contribution >= 0.6 is 0 Å². The number of rotatable bonds is 4. The molecule has 0 aliphatic rings. The molecule has 0 spiro atoms. The van der Waals surface area contributed by atoms with Gasteiger partial charge in [-0.05, 0) is 48.6 Å². The zero-order valence-electron chi connectivity index (χ0n) is 8.50. The molecule has 0 saturated heterocycles. The zero-order chi connectivity index (χ0) is 11.2. The molecule has 0 radical (unpaired) electrons. The molecule has 0 saturated carbocycles. The molecule has 2 heterocycles. The SMILES string of the molecule is C.O=C(/C=C/c1ccco1)/C=C/c1ccco1. The Hall–Kier alpha value is -2.29. The van der Waals surface area contributed by atoms with Crippen molar-refractivity contribution in [1.82, 2.24) is 0 Å². The minimum Gasteiger partial charge on any atom is -0.465 e. The highest BCUT2D eigenvalue weighted by atomic mass is 16.3. The lowest BCUT2D eigenvalue weighted by atomic mass is 10.3. The number of hydrogen-bond acceptors (Lipinski definition) is 3. The van der Waals surface area contributed by atoms with Gasteiger partial charge in [0, 0.05) is 0 Å². The van der Waals surface area contributed by atoms with E-state index in [4.69, 9.17) is 8.83 Å². The highest BCUT2D eigenvalue weighted by Crippen LogP contribution is 2.04. The summed E-state index contributed by atoms with van der Waals surface area (Å²) in [7, 11) is 0. The number of allylic oxidation sites excluding steroid dienone is 2. The van der Waals surface area contributed by atoms with Crippen LogP contribution in [-0.2, 0) is 4.79 Å². The third-order valence-electron chi connectivity index (χ3n) is 1.91. The van der Waals surface area contributed by atoms with E-state index in [9.17, 15) is 4.79 Å². The van der Waals surface area contributed by atoms with E-state index in [0.29, 0.717) is 11.5 Å². The van der Waals surface area contributed by atoms with Crippen LogP contribution in [0.5, 0.6) is 0 Å². The molecule has 0 unspecified atom stereocenters. The number of carbonyl (C=O) groups excluding carboxylic acids is 1. The minimum atomic E-state index is -0.118. The fourth-order valence-corrected chi connectivity index (χ4v) is 1.16. The third-order valence-corrected chi connectivity index (χ3v) is 1.91. The molecule has 2 aromatic rings. The Morgan fingerprint density at radius 2 is 1.41 bits per heavy atom. The van der Waals surface area contributed by atoms with Crippen molar-refractivity contribution in [2.45, 2.75) is 7.43 Å². The first kappa shape index (κ1) is 12.8. The van der Waals surface area contributed by atoms with Gasteiger partial charge in [-0.3, -0.25) is 4.79 Å². The average molecular weight is 230 g/mol. The van der Waals surface area contributed by atoms with E-state index in [1.807, 2.05) is 0 Å². The summed E-state index contributed by atoms with van der Waals surface area (Å²) in [6.07, 6.45) is 9.24. The van der Waals surface area contributed by atoms with Crippen molar-refractivity contribution in [1.29, 1.82) is 0 Å². The van der Waals surface area contributed by atoms with Crippen LogP contribution in [0, 0.1) is 0 Å². The van der Waals surface area contributed by atoms with Crippen LogP contribution in [0.25, 0.3) is 12.2 Å². The molecule has 0 atom stereocenters. The highest BCUT2D eigenvalue weighted by molar-refractivity contribution is 6.04. The van der Waals surface area contributed by atoms with Crippen molar-refractivity contribution in [2.24, 2.45) is 0 Å². The van der Waals surface area contributed by atoms with Gasteiger partial charge >= 0.3 is 0 Å². The lowest BCUT2D eigenvalue weighted by Crippen LogP contribution is -1.83. The van der Waals surface area contributed by atoms with Crippen LogP contribution in [0.1, 0.15) is 18.9 Å². The van der Waals surface area contributed by atoms with Gasteiger partial charge in [-0.2, -0.15) is 0 Å². The van der Waals surface area contributed by atoms with Crippen molar-refractivity contribution >= 4 is 17.9 Å². The second-order valence-corrected chi connectivity index (χ2v) is 3.10. The van der Waals surface area contributed by atoms with Gasteiger partial charge in [-0.1, -0.05) is 7.43 Å². The molecular formula is C14H14O3. The molecule has 0 aromatic carbocycles. The Morgan fingerprint density at radius 3 is 1.76 bits per heavy atom. The van der Waals surface area contributed by atoms with Crippen LogP contribution in [0.15, 0.2) is 57.8 Å². The summed E-state index contributed by atoms with van der Waals surface area (Å²) in [5.74, 6) is 1.19. The molecule has 2 aromatic heterocycles. The molecule has 0 aliphatic carbocycles. The predicted molar refractivity (Wildman–Crippen MR) is 67.2 cm³/mol. The first-order chi connectivity index (χ1) is 7.84. The Labute approximate surface area is 100 Å². The summed E-state index contributed by atoms with van der Waals surface area (Å²) >= 11 is 0. The first-order valence-corrected chi connectivity index (χ1v) is 4.82. The van der Waals surface area contributed by atoms with Gasteiger partial charge in [0.2, 0.25) is 0 Å². The van der Waals surface area contributed by atoms with Gasteiger partial charge in [-0.25, -0.2) is 0 Å². The number of ketones is 1. The van der Waals surface area contributed by atoms with Gasteiger partial charge in [0.15, 0.2) is 5.78 Å². The van der Waals surface area contributed by atoms with Crippen molar-refractivity contribution < 1.29 is 13.6 Å². The fourth-order valence-electron chi connectivity index (χ4n) is 1.16. The molecule has 2 rings (SSSR count). The van der Waals surface area contributed by atoms with Gasteiger partial charge in [0.1, 0.15) is 11.5 Å². The largest absolute Gasteiger partial charge is 0.465 e. The van der Waals surface area contributed by atoms with E-state index in [0.717, 1.165) is 0 Å². The smallest absolute Gasteiger partial charge is 0.178 e. The second-order valence-electron chi connectivity index (χ2n) is 3.10. The van der Waals surface area contributed by atoms with Crippen LogP contribution in [0.2, 0.25) is 0 Å². The molecule has 3 heteroatoms. The standard InChI is InChI=1S/C13H10O3.CH4/c14-11(5-7-12-3-1-9-15-12)6-8-13-4-2-10-16-13;/h1-10H;1H4/b7-5+,8-6+;. The lowest BCUT2D eigenvalue weighted by molar-refractivity contribution is -0.110. The summed E-state index contributed by atoms with van der Waals surface area (Å²) in [5.41, 5.74) is 0. The summed E-state index contributed by atoms with van der Waals surface area (Å²) in [5, 5.41) is 0. The maximum absolute atomic E-state index is 11.4. The van der Waals surface area contributed by atoms with Crippen LogP contribution < -0.4 is 0 Å². The Balaban J connectivity index is 0.00000144. The maximum Gasteiger partial charge on any atom is 0.178 e. The Kier molecular flexibility index (Phi) is 4.76. The topological polar surface area (TPSA) is 43.4 Å². The highest BCUT2D eigenvalue weighted by Gasteiger charge is 1.93. The molecule has 0 bridgehead atoms. The molecule has 0 amide bonds. The summed E-state index contributed by atoms with van der Waals surface area (Å²) < 4.78 is 10.1. The number of furan rings is 2. The molecule has 0 aliphatic heterocycles. The Morgan fingerprint density at radius 1 is 0.941 bits per heavy atom. The monoisotopic (exact) mass is 230 g/mol. The normalized spacial score (nSPS) is 10.8. The minimum absolute atomic E-state index is 0. The van der Waals surface area contributed by atoms with E-state index >= 15 is 0 Å². The van der Waals surface area contributed by atoms with Crippen molar-refractivity contribution in [3.8, 4) is 0 Å². The van der Waals surface area contributed by atoms with E-state index in [2.05, 4.69) is 0 Å². The molecule has 3 nitrogen and oxygen atoms in total. The van der Waals surface area contributed by atoms with Crippen LogP contribution in [0.4, 0.5) is 0 Å². The van der Waals surface area contributed by atoms with Gasteiger partial charge in [0.25, 0.3) is 0 Å². The van der Waals surface area contributed by atoms with E-state index in [1.165, 1.54) is 12.2 Å². The number of carbonyl (C=O) groups is 1. The third kappa shape index (κ3) is 3.99. The molecule has 0 N–H and O–H groups in total. The summed E-state index contributed by atoms with van der Waals surface area (Å²) in [6, 6.07) is 7.09. The summed E-state index contributed by atoms with van der Waals surface area (Å²) in [4.78, 5) is 11.4. The van der Waals surface area contributed by atoms with E-state index in [-0.39, 0.29) is 13.2 Å². The van der Waals surface area contributed by atoms with Crippen LogP contribution in [0.3, 0.4) is 0 Å². The molecular weight excluding hydrogens is 216 g/mol. The van der Waals surface area contributed by atoms with E-state index < -0.39 is 0 Å². The lowest BCUT2D eigenvalue weighted by Gasteiger charge is -1.84. The quantitative estimate of drug-likeness (QED) is 0.750. The molecule has 0 fully saturated rings. The van der Waals surface area contributed by atoms with E-state index in [1.54, 1.807) is 48.9 Å². The predicted octanol–water partition coefficient (Wildman–Crippen LogP) is 3.80. The maximum atomic E-state index is 11.4. The number of hydrogen-bond donors (Lipinski definition) is 0. The zero-order valence-corrected chi connectivity index (χ0v) is 8.50. The van der Waals surface area contributed by atoms with Crippen molar-refractivity contribution in [3.63, 3.8) is 0 Å². The molecule has 88 valence electrons. The molecule has 17 heavy (non-hydrogen) atoms. The van der Waals surface area contributed by atoms with Gasteiger partial charge < -0.3 is 8.83 Å². The van der Waals surface area contributed by atoms with Crippen LogP contribution in [-0.4, -0.2) is 5.78 Å². The fraction of sp³-hybridized carbons (Fsp3) is 0.0714. The first-order valence-electron chi connectivity index (χ1n) is 4.82.